The van der Waals surface area contributed by atoms with E-state index in [2.05, 4.69) is 68.6 Å². The first-order chi connectivity index (χ1) is 15.6. The van der Waals surface area contributed by atoms with E-state index < -0.39 is 0 Å². The van der Waals surface area contributed by atoms with Gasteiger partial charge in [-0.25, -0.2) is 9.83 Å². The van der Waals surface area contributed by atoms with E-state index in [1.54, 1.807) is 18.5 Å². The van der Waals surface area contributed by atoms with Gasteiger partial charge in [-0.1, -0.05) is 32.0 Å². The smallest absolute Gasteiger partial charge is 0.205 e. The lowest BCUT2D eigenvalue weighted by molar-refractivity contribution is 0.758. The van der Waals surface area contributed by atoms with Gasteiger partial charge in [-0.2, -0.15) is 0 Å². The van der Waals surface area contributed by atoms with E-state index in [0.717, 1.165) is 23.3 Å². The molecule has 1 aromatic carbocycles. The monoisotopic (exact) mass is 422 g/mol. The molecule has 32 heavy (non-hydrogen) atoms. The first-order valence-corrected chi connectivity index (χ1v) is 10.5. The lowest BCUT2D eigenvalue weighted by Crippen LogP contribution is -2.09. The first kappa shape index (κ1) is 19.7. The van der Waals surface area contributed by atoms with Crippen molar-refractivity contribution in [2.45, 2.75) is 26.2 Å². The highest BCUT2D eigenvalue weighted by atomic mass is 15.3. The SMILES string of the molecule is [C-]#[N+]c1cncc(-c2cn3c(C(C)C)nnc3c(NCCc3c[nH]c4ccccc34)n2)c1. The minimum absolute atomic E-state index is 0.201. The number of para-hydroxylation sites is 1. The molecule has 2 N–H and O–H groups in total. The number of aromatic amines is 1. The molecule has 0 radical (unpaired) electrons. The summed E-state index contributed by atoms with van der Waals surface area (Å²) < 4.78 is 1.98. The summed E-state index contributed by atoms with van der Waals surface area (Å²) >= 11 is 0. The third-order valence-corrected chi connectivity index (χ3v) is 5.44. The standard InChI is InChI=1S/C24H22N8/c1-15(2)23-30-31-24-22(27-9-8-16-12-28-20-7-5-4-6-19(16)20)29-21(14-32(23)24)17-10-18(25-3)13-26-11-17/h4-7,10-15,28H,8-9H2,1-2H3,(H,27,29). The number of aromatic nitrogens is 6. The zero-order valence-corrected chi connectivity index (χ0v) is 17.9. The number of hydrogen-bond acceptors (Lipinski definition) is 5. The van der Waals surface area contributed by atoms with Crippen LogP contribution in [0, 0.1) is 6.57 Å². The van der Waals surface area contributed by atoms with Crippen LogP contribution in [0.1, 0.15) is 31.2 Å². The summed E-state index contributed by atoms with van der Waals surface area (Å²) in [5.74, 6) is 1.72. The maximum Gasteiger partial charge on any atom is 0.205 e. The second-order valence-electron chi connectivity index (χ2n) is 7.96. The van der Waals surface area contributed by atoms with Crippen LogP contribution in [0.15, 0.2) is 55.1 Å². The molecule has 8 nitrogen and oxygen atoms in total. The lowest BCUT2D eigenvalue weighted by Gasteiger charge is -2.11. The summed E-state index contributed by atoms with van der Waals surface area (Å²) in [7, 11) is 0. The van der Waals surface area contributed by atoms with Crippen molar-refractivity contribution in [1.29, 1.82) is 0 Å². The third kappa shape index (κ3) is 3.54. The molecular formula is C24H22N8. The third-order valence-electron chi connectivity index (χ3n) is 5.44. The Morgan fingerprint density at radius 3 is 2.91 bits per heavy atom. The lowest BCUT2D eigenvalue weighted by atomic mass is 10.1. The quantitative estimate of drug-likeness (QED) is 0.376. The van der Waals surface area contributed by atoms with Crippen molar-refractivity contribution in [1.82, 2.24) is 29.5 Å². The largest absolute Gasteiger partial charge is 0.367 e. The average Bonchev–Trinajstić information content (AvgIpc) is 3.43. The van der Waals surface area contributed by atoms with Gasteiger partial charge in [0.1, 0.15) is 5.82 Å². The van der Waals surface area contributed by atoms with Gasteiger partial charge in [-0.05, 0) is 24.1 Å². The van der Waals surface area contributed by atoms with Gasteiger partial charge in [0.15, 0.2) is 5.82 Å². The summed E-state index contributed by atoms with van der Waals surface area (Å²) in [6, 6.07) is 10.1. The number of H-pyrrole nitrogens is 1. The van der Waals surface area contributed by atoms with Crippen LogP contribution >= 0.6 is 0 Å². The van der Waals surface area contributed by atoms with Crippen LogP contribution < -0.4 is 5.32 Å². The molecule has 5 aromatic rings. The zero-order chi connectivity index (χ0) is 22.1. The van der Waals surface area contributed by atoms with Gasteiger partial charge in [-0.3, -0.25) is 9.38 Å². The van der Waals surface area contributed by atoms with Crippen molar-refractivity contribution < 1.29 is 0 Å². The highest BCUT2D eigenvalue weighted by molar-refractivity contribution is 5.83. The Bertz CT molecular complexity index is 1450. The molecule has 0 amide bonds. The van der Waals surface area contributed by atoms with Crippen molar-refractivity contribution in [3.63, 3.8) is 0 Å². The molecule has 0 saturated carbocycles. The number of hydrogen-bond donors (Lipinski definition) is 2. The van der Waals surface area contributed by atoms with Crippen molar-refractivity contribution >= 4 is 28.1 Å². The van der Waals surface area contributed by atoms with Crippen LogP contribution in [0.3, 0.4) is 0 Å². The van der Waals surface area contributed by atoms with Gasteiger partial charge in [0.25, 0.3) is 0 Å². The Morgan fingerprint density at radius 2 is 2.06 bits per heavy atom. The Kier molecular flexibility index (Phi) is 5.00. The van der Waals surface area contributed by atoms with Crippen LogP contribution in [0.25, 0.3) is 32.7 Å². The minimum atomic E-state index is 0.201. The van der Waals surface area contributed by atoms with Crippen LogP contribution in [0.5, 0.6) is 0 Å². The van der Waals surface area contributed by atoms with Crippen LogP contribution in [-0.2, 0) is 6.42 Å². The van der Waals surface area contributed by atoms with E-state index >= 15 is 0 Å². The molecule has 158 valence electrons. The molecule has 5 rings (SSSR count). The molecule has 0 atom stereocenters. The predicted octanol–water partition coefficient (Wildman–Crippen LogP) is 5.00. The van der Waals surface area contributed by atoms with Crippen LogP contribution in [0.2, 0.25) is 0 Å². The average molecular weight is 422 g/mol. The Morgan fingerprint density at radius 1 is 1.19 bits per heavy atom. The van der Waals surface area contributed by atoms with E-state index in [0.29, 0.717) is 29.4 Å². The summed E-state index contributed by atoms with van der Waals surface area (Å²) in [6.07, 6.45) is 8.08. The van der Waals surface area contributed by atoms with Crippen molar-refractivity contribution in [2.75, 3.05) is 11.9 Å². The number of benzene rings is 1. The van der Waals surface area contributed by atoms with E-state index in [9.17, 15) is 0 Å². The van der Waals surface area contributed by atoms with E-state index in [-0.39, 0.29) is 5.92 Å². The van der Waals surface area contributed by atoms with Crippen LogP contribution in [-0.4, -0.2) is 36.1 Å². The molecule has 4 heterocycles. The highest BCUT2D eigenvalue weighted by Crippen LogP contribution is 2.26. The van der Waals surface area contributed by atoms with Gasteiger partial charge >= 0.3 is 0 Å². The number of anilines is 1. The summed E-state index contributed by atoms with van der Waals surface area (Å²) in [5.41, 5.74) is 5.04. The normalized spacial score (nSPS) is 11.3. The summed E-state index contributed by atoms with van der Waals surface area (Å²) in [6.45, 7) is 12.1. The molecule has 0 unspecified atom stereocenters. The van der Waals surface area contributed by atoms with Gasteiger partial charge in [0.05, 0.1) is 12.3 Å². The fraction of sp³-hybridized carbons (Fsp3) is 0.208. The maximum atomic E-state index is 7.28. The van der Waals surface area contributed by atoms with E-state index in [1.807, 2.05) is 16.7 Å². The van der Waals surface area contributed by atoms with Gasteiger partial charge in [0.2, 0.25) is 11.3 Å². The van der Waals surface area contributed by atoms with Crippen molar-refractivity contribution in [3.8, 4) is 11.3 Å². The molecule has 0 bridgehead atoms. The molecule has 8 heteroatoms. The molecule has 0 fully saturated rings. The maximum absolute atomic E-state index is 7.28. The zero-order valence-electron chi connectivity index (χ0n) is 17.9. The number of nitrogens with one attached hydrogen (secondary N) is 2. The highest BCUT2D eigenvalue weighted by Gasteiger charge is 2.16. The van der Waals surface area contributed by atoms with Crippen LogP contribution in [0.4, 0.5) is 11.5 Å². The molecule has 4 aromatic heterocycles. The number of fused-ring (bicyclic) bond motifs is 2. The number of rotatable bonds is 6. The van der Waals surface area contributed by atoms with E-state index in [1.165, 1.54) is 10.9 Å². The molecule has 0 aliphatic heterocycles. The second-order valence-corrected chi connectivity index (χ2v) is 7.96. The minimum Gasteiger partial charge on any atom is -0.367 e. The molecule has 0 spiro atoms. The Hall–Kier alpha value is -4.25. The fourth-order valence-corrected chi connectivity index (χ4v) is 3.85. The fourth-order valence-electron chi connectivity index (χ4n) is 3.85. The predicted molar refractivity (Wildman–Crippen MR) is 125 cm³/mol. The number of nitrogens with zero attached hydrogens (tertiary/aromatic N) is 6. The van der Waals surface area contributed by atoms with Crippen molar-refractivity contribution in [2.24, 2.45) is 0 Å². The molecule has 0 aliphatic carbocycles. The molecular weight excluding hydrogens is 400 g/mol. The molecule has 0 saturated heterocycles. The Balaban J connectivity index is 1.50. The molecule has 0 aliphatic rings. The topological polar surface area (TPSA) is 88.1 Å². The second kappa shape index (κ2) is 8.12. The van der Waals surface area contributed by atoms with Gasteiger partial charge in [0, 0.05) is 53.7 Å². The van der Waals surface area contributed by atoms with Gasteiger partial charge in [-0.15, -0.1) is 10.2 Å². The van der Waals surface area contributed by atoms with Crippen molar-refractivity contribution in [3.05, 3.63) is 77.9 Å². The summed E-state index contributed by atoms with van der Waals surface area (Å²) in [5, 5.41) is 13.5. The Labute approximate surface area is 185 Å². The number of pyridine rings is 1. The first-order valence-electron chi connectivity index (χ1n) is 10.5. The summed E-state index contributed by atoms with van der Waals surface area (Å²) in [4.78, 5) is 15.8. The van der Waals surface area contributed by atoms with E-state index in [4.69, 9.17) is 11.6 Å². The van der Waals surface area contributed by atoms with Gasteiger partial charge < -0.3 is 10.3 Å².